The second-order valence-electron chi connectivity index (χ2n) is 10.6. The highest BCUT2D eigenvalue weighted by Gasteiger charge is 2.57. The fraction of sp³-hybridized carbons (Fsp3) is 0.219. The highest BCUT2D eigenvalue weighted by Crippen LogP contribution is 2.54. The van der Waals surface area contributed by atoms with E-state index in [4.69, 9.17) is 9.47 Å². The molecule has 3 heterocycles. The lowest BCUT2D eigenvalue weighted by Crippen LogP contribution is -2.32. The molecule has 0 radical (unpaired) electrons. The molecule has 0 aliphatic carbocycles. The monoisotopic (exact) mass is 761 g/mol. The predicted molar refractivity (Wildman–Crippen MR) is 175 cm³/mol. The van der Waals surface area contributed by atoms with Crippen LogP contribution >= 0.6 is 39.0 Å². The van der Waals surface area contributed by atoms with Gasteiger partial charge in [0.15, 0.2) is 6.61 Å². The number of thiazole rings is 1. The maximum absolute atomic E-state index is 14.2. The third kappa shape index (κ3) is 6.39. The molecule has 10 nitrogen and oxygen atoms in total. The summed E-state index contributed by atoms with van der Waals surface area (Å²) in [4.78, 5) is 69.4. The molecule has 2 aliphatic heterocycles. The molecule has 0 bridgehead atoms. The van der Waals surface area contributed by atoms with Gasteiger partial charge >= 0.3 is 17.0 Å². The van der Waals surface area contributed by atoms with Crippen molar-refractivity contribution in [2.75, 3.05) is 23.4 Å². The summed E-state index contributed by atoms with van der Waals surface area (Å²) in [5.74, 6) is -4.26. The average Bonchev–Trinajstić information content (AvgIpc) is 3.54. The third-order valence-corrected chi connectivity index (χ3v) is 10.5. The van der Waals surface area contributed by atoms with Crippen molar-refractivity contribution in [1.82, 2.24) is 4.98 Å². The van der Waals surface area contributed by atoms with Crippen LogP contribution in [0.15, 0.2) is 81.0 Å². The van der Waals surface area contributed by atoms with Gasteiger partial charge in [-0.2, -0.15) is 13.2 Å². The number of thioether (sulfide) groups is 1. The molecule has 6 rings (SSSR count). The molecule has 248 valence electrons. The number of aromatic nitrogens is 1. The van der Waals surface area contributed by atoms with Crippen LogP contribution in [0.1, 0.15) is 39.2 Å². The van der Waals surface area contributed by atoms with Crippen LogP contribution in [0, 0.1) is 5.92 Å². The van der Waals surface area contributed by atoms with Gasteiger partial charge in [-0.15, -0.1) is 0 Å². The van der Waals surface area contributed by atoms with Crippen molar-refractivity contribution >= 4 is 74.1 Å². The molecule has 16 heteroatoms. The van der Waals surface area contributed by atoms with E-state index in [1.807, 2.05) is 0 Å². The van der Waals surface area contributed by atoms with Gasteiger partial charge in [-0.25, -0.2) is 9.69 Å². The van der Waals surface area contributed by atoms with Crippen molar-refractivity contribution < 1.29 is 41.8 Å². The number of esters is 1. The Kier molecular flexibility index (Phi) is 9.24. The minimum atomic E-state index is -4.70. The molecule has 0 spiro atoms. The highest BCUT2D eigenvalue weighted by molar-refractivity contribution is 9.10. The number of fused-ring (bicyclic) bond motifs is 2. The number of amides is 3. The Balaban J connectivity index is 1.32. The number of carbonyl (C=O) groups is 4. The van der Waals surface area contributed by atoms with E-state index in [2.05, 4.69) is 26.2 Å². The van der Waals surface area contributed by atoms with Gasteiger partial charge in [-0.05, 0) is 61.5 Å². The molecule has 48 heavy (non-hydrogen) atoms. The molecule has 3 atom stereocenters. The van der Waals surface area contributed by atoms with Crippen molar-refractivity contribution in [3.8, 4) is 5.75 Å². The van der Waals surface area contributed by atoms with E-state index in [0.29, 0.717) is 19.9 Å². The number of carbonyl (C=O) groups excluding carboxylic acids is 4. The number of imide groups is 1. The maximum Gasteiger partial charge on any atom is 0.418 e. The van der Waals surface area contributed by atoms with Gasteiger partial charge in [-0.1, -0.05) is 51.2 Å². The summed E-state index contributed by atoms with van der Waals surface area (Å²) in [5.41, 5.74) is -0.599. The Morgan fingerprint density at radius 2 is 1.75 bits per heavy atom. The van der Waals surface area contributed by atoms with Crippen LogP contribution in [0.25, 0.3) is 0 Å². The number of hydrogen-bond donors (Lipinski definition) is 2. The molecular formula is C32H23BrF3N3O7S2. The molecule has 2 aliphatic rings. The van der Waals surface area contributed by atoms with Crippen LogP contribution in [0.5, 0.6) is 5.75 Å². The number of ether oxygens (including phenoxy) is 2. The number of anilines is 2. The molecule has 2 N–H and O–H groups in total. The molecule has 0 saturated carbocycles. The number of hydrogen-bond acceptors (Lipinski definition) is 9. The SMILES string of the molecule is CCOC(=O)c1ccc(N2C(=O)[C@H]3[C@H](c4cc(Br)ccc4OCC(=O)Nc4ccccc4C(F)(F)F)c4sc(=O)[nH]c4S[C@H]3C2=O)cc1. The standard InChI is InChI=1S/C32H23BrF3N3O7S2/c1-2-45-30(43)15-7-10-17(11-8-15)39-28(41)24-23(25-27(38-31(44)48-25)47-26(24)29(39)42)18-13-16(33)9-12-21(18)46-14-22(40)37-20-6-4-3-5-19(20)32(34,35)36/h3-13,23-24,26H,2,14H2,1H3,(H,37,40)(H,38,44)/t23-,24-,26+/m0/s1. The summed E-state index contributed by atoms with van der Waals surface area (Å²) in [6.45, 7) is 1.17. The van der Waals surface area contributed by atoms with Gasteiger partial charge in [-0.3, -0.25) is 19.2 Å². The van der Waals surface area contributed by atoms with Crippen LogP contribution < -0.4 is 19.8 Å². The zero-order chi connectivity index (χ0) is 34.3. The van der Waals surface area contributed by atoms with Gasteiger partial charge < -0.3 is 19.8 Å². The second-order valence-corrected chi connectivity index (χ2v) is 13.7. The van der Waals surface area contributed by atoms with E-state index >= 15 is 0 Å². The first-order chi connectivity index (χ1) is 22.9. The topological polar surface area (TPSA) is 135 Å². The number of aromatic amines is 1. The normalized spacial score (nSPS) is 18.7. The van der Waals surface area contributed by atoms with Gasteiger partial charge in [0.05, 0.1) is 40.1 Å². The van der Waals surface area contributed by atoms with Gasteiger partial charge in [0.2, 0.25) is 11.8 Å². The van der Waals surface area contributed by atoms with E-state index in [1.54, 1.807) is 19.1 Å². The Morgan fingerprint density at radius 1 is 1.02 bits per heavy atom. The summed E-state index contributed by atoms with van der Waals surface area (Å²) >= 11 is 5.36. The van der Waals surface area contributed by atoms with Crippen LogP contribution in [-0.4, -0.2) is 47.1 Å². The first-order valence-electron chi connectivity index (χ1n) is 14.3. The minimum Gasteiger partial charge on any atom is -0.483 e. The first-order valence-corrected chi connectivity index (χ1v) is 16.8. The quantitative estimate of drug-likeness (QED) is 0.160. The summed E-state index contributed by atoms with van der Waals surface area (Å²) < 4.78 is 51.8. The third-order valence-electron chi connectivity index (χ3n) is 7.63. The summed E-state index contributed by atoms with van der Waals surface area (Å²) in [7, 11) is 0. The van der Waals surface area contributed by atoms with E-state index in [1.165, 1.54) is 42.5 Å². The average molecular weight is 763 g/mol. The van der Waals surface area contributed by atoms with Crippen LogP contribution in [0.2, 0.25) is 0 Å². The number of rotatable bonds is 8. The lowest BCUT2D eigenvalue weighted by atomic mass is 9.82. The van der Waals surface area contributed by atoms with Gasteiger partial charge in [0.1, 0.15) is 11.0 Å². The smallest absolute Gasteiger partial charge is 0.418 e. The molecule has 0 unspecified atom stereocenters. The van der Waals surface area contributed by atoms with E-state index in [9.17, 15) is 37.1 Å². The van der Waals surface area contributed by atoms with Gasteiger partial charge in [0, 0.05) is 20.8 Å². The van der Waals surface area contributed by atoms with E-state index in [-0.39, 0.29) is 23.6 Å². The molecule has 4 aromatic rings. The zero-order valence-electron chi connectivity index (χ0n) is 24.6. The number of alkyl halides is 3. The number of halogens is 4. The van der Waals surface area contributed by atoms with Crippen molar-refractivity contribution in [1.29, 1.82) is 0 Å². The van der Waals surface area contributed by atoms with E-state index < -0.39 is 69.7 Å². The van der Waals surface area contributed by atoms with Gasteiger partial charge in [0.25, 0.3) is 5.91 Å². The zero-order valence-corrected chi connectivity index (χ0v) is 27.8. The second kappa shape index (κ2) is 13.2. The van der Waals surface area contributed by atoms with Crippen LogP contribution in [-0.2, 0) is 25.3 Å². The largest absolute Gasteiger partial charge is 0.483 e. The summed E-state index contributed by atoms with van der Waals surface area (Å²) in [6.07, 6.45) is -4.70. The predicted octanol–water partition coefficient (Wildman–Crippen LogP) is 6.21. The Bertz CT molecular complexity index is 2000. The number of H-pyrrole nitrogens is 1. The number of nitrogens with one attached hydrogen (secondary N) is 2. The molecule has 1 aromatic heterocycles. The number of nitrogens with zero attached hydrogens (tertiary/aromatic N) is 1. The maximum atomic E-state index is 14.2. The summed E-state index contributed by atoms with van der Waals surface area (Å²) in [5, 5.41) is 1.69. The Morgan fingerprint density at radius 3 is 2.46 bits per heavy atom. The van der Waals surface area contributed by atoms with Crippen LogP contribution in [0.3, 0.4) is 0 Å². The van der Waals surface area contributed by atoms with Crippen molar-refractivity contribution in [2.24, 2.45) is 5.92 Å². The molecular weight excluding hydrogens is 739 g/mol. The fourth-order valence-corrected chi connectivity index (χ4v) is 8.52. The van der Waals surface area contributed by atoms with Crippen molar-refractivity contribution in [3.05, 3.63) is 102 Å². The van der Waals surface area contributed by atoms with E-state index in [0.717, 1.165) is 40.1 Å². The van der Waals surface area contributed by atoms with Crippen molar-refractivity contribution in [3.63, 3.8) is 0 Å². The lowest BCUT2D eigenvalue weighted by Gasteiger charge is -2.31. The van der Waals surface area contributed by atoms with Crippen molar-refractivity contribution in [2.45, 2.75) is 29.3 Å². The summed E-state index contributed by atoms with van der Waals surface area (Å²) in [6, 6.07) is 15.2. The highest BCUT2D eigenvalue weighted by atomic mass is 79.9. The molecule has 3 aromatic carbocycles. The molecule has 3 amide bonds. The fourth-order valence-electron chi connectivity index (χ4n) is 5.63. The molecule has 1 saturated heterocycles. The minimum absolute atomic E-state index is 0.123. The first kappa shape index (κ1) is 33.5. The lowest BCUT2D eigenvalue weighted by molar-refractivity contribution is -0.137. The Labute approximate surface area is 286 Å². The number of para-hydroxylation sites is 1. The Hall–Kier alpha value is -4.41. The van der Waals surface area contributed by atoms with Crippen LogP contribution in [0.4, 0.5) is 24.5 Å². The number of benzene rings is 3. The molecule has 1 fully saturated rings.